The van der Waals surface area contributed by atoms with Gasteiger partial charge in [0, 0.05) is 28.1 Å². The molecule has 19 heavy (non-hydrogen) atoms. The van der Waals surface area contributed by atoms with Crippen LogP contribution in [0.4, 0.5) is 0 Å². The maximum atomic E-state index is 4.22. The van der Waals surface area contributed by atoms with Crippen molar-refractivity contribution < 1.29 is 0 Å². The Morgan fingerprint density at radius 3 is 2.47 bits per heavy atom. The highest BCUT2D eigenvalue weighted by atomic mass is 127. The number of pyridine rings is 1. The van der Waals surface area contributed by atoms with Crippen LogP contribution in [-0.4, -0.2) is 30.5 Å². The molecule has 0 aliphatic rings. The minimum Gasteiger partial charge on any atom is -0.306 e. The quantitative estimate of drug-likeness (QED) is 0.770. The fourth-order valence-corrected chi connectivity index (χ4v) is 2.19. The molecule has 0 spiro atoms. The van der Waals surface area contributed by atoms with E-state index >= 15 is 0 Å². The Bertz CT molecular complexity index is 545. The van der Waals surface area contributed by atoms with Crippen molar-refractivity contribution in [1.82, 2.24) is 9.88 Å². The number of benzene rings is 1. The van der Waals surface area contributed by atoms with Crippen LogP contribution in [0.5, 0.6) is 0 Å². The molecule has 1 aromatic carbocycles. The highest BCUT2D eigenvalue weighted by Gasteiger charge is 2.05. The van der Waals surface area contributed by atoms with Crippen LogP contribution in [0.3, 0.4) is 0 Å². The molecular weight excluding hydrogens is 347 g/mol. The van der Waals surface area contributed by atoms with E-state index in [0.717, 1.165) is 12.1 Å². The molecule has 0 fully saturated rings. The maximum Gasteiger partial charge on any atom is 0.0346 e. The molecule has 2 nitrogen and oxygen atoms in total. The highest BCUT2D eigenvalue weighted by Crippen LogP contribution is 2.23. The molecule has 2 rings (SSSR count). The molecule has 2 aromatic rings. The Hall–Kier alpha value is -1.20. The summed E-state index contributed by atoms with van der Waals surface area (Å²) in [4.78, 5) is 6.38. The van der Waals surface area contributed by atoms with Gasteiger partial charge in [-0.2, -0.15) is 0 Å². The van der Waals surface area contributed by atoms with Crippen LogP contribution in [-0.2, 0) is 0 Å². The van der Waals surface area contributed by atoms with Gasteiger partial charge in [0.2, 0.25) is 0 Å². The number of likely N-dealkylation sites (N-methyl/N-ethyl adjacent to an activating group) is 1. The molecule has 0 N–H and O–H groups in total. The van der Waals surface area contributed by atoms with Gasteiger partial charge >= 0.3 is 0 Å². The minimum atomic E-state index is 0.913. The molecule has 0 bridgehead atoms. The summed E-state index contributed by atoms with van der Waals surface area (Å²) in [5, 5.41) is 0. The summed E-state index contributed by atoms with van der Waals surface area (Å²) in [6.45, 7) is 0.913. The van der Waals surface area contributed by atoms with Crippen molar-refractivity contribution in [2.24, 2.45) is 0 Å². The van der Waals surface area contributed by atoms with Crippen LogP contribution < -0.4 is 0 Å². The van der Waals surface area contributed by atoms with Crippen LogP contribution in [0.2, 0.25) is 0 Å². The van der Waals surface area contributed by atoms with E-state index in [1.807, 2.05) is 12.3 Å². The first-order chi connectivity index (χ1) is 9.16. The third kappa shape index (κ3) is 4.14. The Morgan fingerprint density at radius 1 is 1.16 bits per heavy atom. The monoisotopic (exact) mass is 364 g/mol. The van der Waals surface area contributed by atoms with E-state index in [1.54, 1.807) is 6.20 Å². The first-order valence-corrected chi connectivity index (χ1v) is 7.26. The highest BCUT2D eigenvalue weighted by molar-refractivity contribution is 14.1. The topological polar surface area (TPSA) is 16.1 Å². The number of nitrogens with zero attached hydrogens (tertiary/aromatic N) is 2. The lowest BCUT2D eigenvalue weighted by molar-refractivity contribution is 0.457. The second-order valence-electron chi connectivity index (χ2n) is 4.63. The van der Waals surface area contributed by atoms with E-state index in [9.17, 15) is 0 Å². The summed E-state index contributed by atoms with van der Waals surface area (Å²) >= 11 is 2.33. The molecule has 0 aliphatic heterocycles. The van der Waals surface area contributed by atoms with E-state index in [-0.39, 0.29) is 0 Å². The molecule has 0 amide bonds. The zero-order valence-corrected chi connectivity index (χ0v) is 13.3. The van der Waals surface area contributed by atoms with Gasteiger partial charge in [-0.25, -0.2) is 0 Å². The second kappa shape index (κ2) is 6.82. The molecule has 98 valence electrons. The lowest BCUT2D eigenvalue weighted by Gasteiger charge is -2.11. The first kappa shape index (κ1) is 14.2. The fourth-order valence-electron chi connectivity index (χ4n) is 1.83. The summed E-state index contributed by atoms with van der Waals surface area (Å²) in [6.07, 6.45) is 5.97. The summed E-state index contributed by atoms with van der Waals surface area (Å²) < 4.78 is 1.25. The fraction of sp³-hybridized carbons (Fsp3) is 0.188. The van der Waals surface area contributed by atoms with E-state index in [2.05, 4.69) is 83.0 Å². The summed E-state index contributed by atoms with van der Waals surface area (Å²) in [5.41, 5.74) is 3.62. The molecule has 0 radical (unpaired) electrons. The molecule has 3 heteroatoms. The number of hydrogen-bond acceptors (Lipinski definition) is 2. The Kier molecular flexibility index (Phi) is 5.10. The van der Waals surface area contributed by atoms with Crippen molar-refractivity contribution in [2.75, 3.05) is 20.6 Å². The van der Waals surface area contributed by atoms with E-state index < -0.39 is 0 Å². The van der Waals surface area contributed by atoms with Gasteiger partial charge in [-0.15, -0.1) is 0 Å². The maximum absolute atomic E-state index is 4.22. The standard InChI is InChI=1S/C16H17IN2/c1-19(2)11-9-16(14-4-3-10-18-12-14)13-5-7-15(17)8-6-13/h3-10,12H,11H2,1-2H3/b16-9+. The van der Waals surface area contributed by atoms with Crippen molar-refractivity contribution in [1.29, 1.82) is 0 Å². The van der Waals surface area contributed by atoms with Crippen molar-refractivity contribution in [2.45, 2.75) is 0 Å². The zero-order chi connectivity index (χ0) is 13.7. The third-order valence-electron chi connectivity index (χ3n) is 2.79. The summed E-state index contributed by atoms with van der Waals surface area (Å²) in [6, 6.07) is 12.7. The number of halogens is 1. The van der Waals surface area contributed by atoms with Gasteiger partial charge in [-0.1, -0.05) is 24.3 Å². The molecular formula is C16H17IN2. The number of hydrogen-bond donors (Lipinski definition) is 0. The lowest BCUT2D eigenvalue weighted by Crippen LogP contribution is -2.11. The molecule has 0 aliphatic carbocycles. The van der Waals surface area contributed by atoms with E-state index in [1.165, 1.54) is 14.7 Å². The largest absolute Gasteiger partial charge is 0.306 e. The average Bonchev–Trinajstić information content (AvgIpc) is 2.42. The molecule has 0 atom stereocenters. The van der Waals surface area contributed by atoms with Crippen molar-refractivity contribution in [3.63, 3.8) is 0 Å². The van der Waals surface area contributed by atoms with Crippen LogP contribution in [0, 0.1) is 3.57 Å². The Morgan fingerprint density at radius 2 is 1.89 bits per heavy atom. The number of rotatable bonds is 4. The first-order valence-electron chi connectivity index (χ1n) is 6.18. The lowest BCUT2D eigenvalue weighted by atomic mass is 9.99. The van der Waals surface area contributed by atoms with Gasteiger partial charge in [0.15, 0.2) is 0 Å². The van der Waals surface area contributed by atoms with Crippen molar-refractivity contribution >= 4 is 28.2 Å². The van der Waals surface area contributed by atoms with E-state index in [4.69, 9.17) is 0 Å². The summed E-state index contributed by atoms with van der Waals surface area (Å²) in [5.74, 6) is 0. The molecule has 0 saturated carbocycles. The minimum absolute atomic E-state index is 0.913. The van der Waals surface area contributed by atoms with Gasteiger partial charge in [0.05, 0.1) is 0 Å². The Balaban J connectivity index is 2.40. The number of aromatic nitrogens is 1. The van der Waals surface area contributed by atoms with Crippen LogP contribution >= 0.6 is 22.6 Å². The Labute approximate surface area is 128 Å². The molecule has 0 unspecified atom stereocenters. The molecule has 0 saturated heterocycles. The van der Waals surface area contributed by atoms with Gasteiger partial charge in [-0.05, 0) is 66.0 Å². The van der Waals surface area contributed by atoms with Gasteiger partial charge in [0.1, 0.15) is 0 Å². The predicted octanol–water partition coefficient (Wildman–Crippen LogP) is 3.68. The van der Waals surface area contributed by atoms with E-state index in [0.29, 0.717) is 0 Å². The van der Waals surface area contributed by atoms with Crippen LogP contribution in [0.1, 0.15) is 11.1 Å². The SMILES string of the molecule is CN(C)C/C=C(\c1ccc(I)cc1)c1cccnc1. The van der Waals surface area contributed by atoms with Crippen molar-refractivity contribution in [3.8, 4) is 0 Å². The van der Waals surface area contributed by atoms with Crippen LogP contribution in [0.15, 0.2) is 54.9 Å². The van der Waals surface area contributed by atoms with Crippen LogP contribution in [0.25, 0.3) is 5.57 Å². The normalized spacial score (nSPS) is 11.9. The molecule has 1 aromatic heterocycles. The van der Waals surface area contributed by atoms with Gasteiger partial charge < -0.3 is 4.90 Å². The smallest absolute Gasteiger partial charge is 0.0346 e. The average molecular weight is 364 g/mol. The summed E-state index contributed by atoms with van der Waals surface area (Å²) in [7, 11) is 4.15. The zero-order valence-electron chi connectivity index (χ0n) is 11.2. The molecule has 1 heterocycles. The third-order valence-corrected chi connectivity index (χ3v) is 3.51. The predicted molar refractivity (Wildman–Crippen MR) is 89.0 cm³/mol. The van der Waals surface area contributed by atoms with Crippen molar-refractivity contribution in [3.05, 3.63) is 69.6 Å². The van der Waals surface area contributed by atoms with Gasteiger partial charge in [-0.3, -0.25) is 4.98 Å². The van der Waals surface area contributed by atoms with Gasteiger partial charge in [0.25, 0.3) is 0 Å². The second-order valence-corrected chi connectivity index (χ2v) is 5.87.